The lowest BCUT2D eigenvalue weighted by atomic mass is 9.57. The van der Waals surface area contributed by atoms with E-state index in [1.165, 1.54) is 44.9 Å². The molecular formula is C11H21NO. The van der Waals surface area contributed by atoms with Crippen LogP contribution in [-0.2, 0) is 4.74 Å². The largest absolute Gasteiger partial charge is 0.378 e. The van der Waals surface area contributed by atoms with Gasteiger partial charge >= 0.3 is 0 Å². The molecule has 76 valence electrons. The van der Waals surface area contributed by atoms with Gasteiger partial charge in [-0.2, -0.15) is 0 Å². The molecule has 0 unspecified atom stereocenters. The van der Waals surface area contributed by atoms with Crippen molar-refractivity contribution in [1.82, 2.24) is 0 Å². The Morgan fingerprint density at radius 2 is 1.62 bits per heavy atom. The summed E-state index contributed by atoms with van der Waals surface area (Å²) in [7, 11) is 1.88. The summed E-state index contributed by atoms with van der Waals surface area (Å²) in [5.41, 5.74) is 6.54. The normalized spacial score (nSPS) is 43.8. The predicted molar refractivity (Wildman–Crippen MR) is 53.5 cm³/mol. The number of ether oxygens (including phenoxy) is 1. The van der Waals surface area contributed by atoms with Crippen molar-refractivity contribution in [2.45, 2.75) is 50.5 Å². The Hall–Kier alpha value is -0.0800. The number of nitrogens with two attached hydrogens (primary N) is 1. The van der Waals surface area contributed by atoms with Gasteiger partial charge in [0.15, 0.2) is 0 Å². The predicted octanol–water partition coefficient (Wildman–Crippen LogP) is 2.07. The zero-order valence-corrected chi connectivity index (χ0v) is 8.64. The molecule has 0 aromatic rings. The molecule has 0 atom stereocenters. The Bertz CT molecular complexity index is 166. The fraction of sp³-hybridized carbons (Fsp3) is 1.00. The summed E-state index contributed by atoms with van der Waals surface area (Å²) in [5.74, 6) is 0. The first-order valence-corrected chi connectivity index (χ1v) is 5.50. The third-order valence-corrected chi connectivity index (χ3v) is 4.44. The second kappa shape index (κ2) is 3.25. The van der Waals surface area contributed by atoms with Crippen molar-refractivity contribution < 1.29 is 4.74 Å². The van der Waals surface area contributed by atoms with E-state index >= 15 is 0 Å². The number of hydrogen-bond acceptors (Lipinski definition) is 2. The molecule has 0 radical (unpaired) electrons. The first-order valence-electron chi connectivity index (χ1n) is 5.50. The van der Waals surface area contributed by atoms with Gasteiger partial charge < -0.3 is 10.5 Å². The smallest absolute Gasteiger partial charge is 0.0679 e. The van der Waals surface area contributed by atoms with Crippen molar-refractivity contribution in [3.63, 3.8) is 0 Å². The van der Waals surface area contributed by atoms with Crippen molar-refractivity contribution in [3.8, 4) is 0 Å². The Morgan fingerprint density at radius 3 is 2.00 bits per heavy atom. The van der Waals surface area contributed by atoms with E-state index in [0.29, 0.717) is 5.41 Å². The molecule has 2 nitrogen and oxygen atoms in total. The zero-order valence-electron chi connectivity index (χ0n) is 8.64. The van der Waals surface area contributed by atoms with Gasteiger partial charge in [0.25, 0.3) is 0 Å². The highest BCUT2D eigenvalue weighted by Gasteiger charge is 2.48. The molecule has 3 aliphatic carbocycles. The monoisotopic (exact) mass is 183 g/mol. The van der Waals surface area contributed by atoms with Gasteiger partial charge in [0.05, 0.1) is 5.60 Å². The maximum absolute atomic E-state index is 5.67. The fourth-order valence-electron chi connectivity index (χ4n) is 3.22. The Labute approximate surface area is 80.8 Å². The van der Waals surface area contributed by atoms with E-state index < -0.39 is 0 Å². The molecule has 3 aliphatic rings. The third kappa shape index (κ3) is 1.50. The average Bonchev–Trinajstić information content (AvgIpc) is 2.21. The van der Waals surface area contributed by atoms with Crippen LogP contribution in [-0.4, -0.2) is 19.3 Å². The van der Waals surface area contributed by atoms with E-state index in [0.717, 1.165) is 6.54 Å². The highest BCUT2D eigenvalue weighted by Crippen LogP contribution is 2.54. The van der Waals surface area contributed by atoms with Gasteiger partial charge in [-0.05, 0) is 56.9 Å². The average molecular weight is 183 g/mol. The molecule has 0 spiro atoms. The van der Waals surface area contributed by atoms with Crippen molar-refractivity contribution in [2.24, 2.45) is 11.1 Å². The molecule has 0 aliphatic heterocycles. The van der Waals surface area contributed by atoms with Crippen LogP contribution in [0.25, 0.3) is 0 Å². The van der Waals surface area contributed by atoms with Gasteiger partial charge in [-0.3, -0.25) is 0 Å². The van der Waals surface area contributed by atoms with Crippen LogP contribution in [0.4, 0.5) is 0 Å². The van der Waals surface area contributed by atoms with Crippen molar-refractivity contribution in [3.05, 3.63) is 0 Å². The molecular weight excluding hydrogens is 162 g/mol. The maximum atomic E-state index is 5.67. The van der Waals surface area contributed by atoms with Crippen LogP contribution in [0, 0.1) is 5.41 Å². The van der Waals surface area contributed by atoms with Crippen LogP contribution in [0.3, 0.4) is 0 Å². The number of hydrogen-bond donors (Lipinski definition) is 1. The zero-order chi connectivity index (χ0) is 9.36. The van der Waals surface area contributed by atoms with Gasteiger partial charge in [-0.25, -0.2) is 0 Å². The molecule has 2 heteroatoms. The first-order chi connectivity index (χ1) is 6.24. The number of methoxy groups -OCH3 is 1. The first kappa shape index (κ1) is 9.47. The van der Waals surface area contributed by atoms with Crippen LogP contribution in [0.15, 0.2) is 0 Å². The molecule has 0 amide bonds. The van der Waals surface area contributed by atoms with Crippen LogP contribution in [0.1, 0.15) is 44.9 Å². The molecule has 0 heterocycles. The lowest BCUT2D eigenvalue weighted by molar-refractivity contribution is -0.118. The van der Waals surface area contributed by atoms with Crippen molar-refractivity contribution >= 4 is 0 Å². The quantitative estimate of drug-likeness (QED) is 0.727. The minimum Gasteiger partial charge on any atom is -0.378 e. The Kier molecular flexibility index (Phi) is 2.37. The van der Waals surface area contributed by atoms with E-state index in [1.807, 2.05) is 7.11 Å². The summed E-state index contributed by atoms with van der Waals surface area (Å²) in [4.78, 5) is 0. The summed E-state index contributed by atoms with van der Waals surface area (Å²) in [6.07, 6.45) is 9.07. The molecule has 3 saturated carbocycles. The molecule has 2 bridgehead atoms. The molecule has 0 saturated heterocycles. The van der Waals surface area contributed by atoms with Crippen LogP contribution in [0.2, 0.25) is 0 Å². The maximum Gasteiger partial charge on any atom is 0.0679 e. The second-order valence-electron chi connectivity index (χ2n) is 4.93. The van der Waals surface area contributed by atoms with Gasteiger partial charge in [-0.1, -0.05) is 0 Å². The highest BCUT2D eigenvalue weighted by molar-refractivity contribution is 5.00. The topological polar surface area (TPSA) is 35.2 Å². The lowest BCUT2D eigenvalue weighted by Gasteiger charge is -2.52. The van der Waals surface area contributed by atoms with Crippen molar-refractivity contribution in [1.29, 1.82) is 0 Å². The van der Waals surface area contributed by atoms with E-state index in [2.05, 4.69) is 0 Å². The van der Waals surface area contributed by atoms with Crippen LogP contribution in [0.5, 0.6) is 0 Å². The summed E-state index contributed by atoms with van der Waals surface area (Å²) in [6.45, 7) is 0.861. The molecule has 0 aromatic carbocycles. The second-order valence-corrected chi connectivity index (χ2v) is 4.93. The van der Waals surface area contributed by atoms with Crippen molar-refractivity contribution in [2.75, 3.05) is 13.7 Å². The summed E-state index contributed by atoms with van der Waals surface area (Å²) in [5, 5.41) is 0. The van der Waals surface area contributed by atoms with E-state index in [1.54, 1.807) is 0 Å². The molecule has 3 rings (SSSR count). The van der Waals surface area contributed by atoms with E-state index in [-0.39, 0.29) is 5.60 Å². The Morgan fingerprint density at radius 1 is 1.08 bits per heavy atom. The standard InChI is InChI=1S/C11H21NO/c1-13-11-5-2-10(3-6-11,4-7-11)8-9-12/h2-9,12H2,1H3. The summed E-state index contributed by atoms with van der Waals surface area (Å²) >= 11 is 0. The fourth-order valence-corrected chi connectivity index (χ4v) is 3.22. The molecule has 13 heavy (non-hydrogen) atoms. The third-order valence-electron chi connectivity index (χ3n) is 4.44. The molecule has 3 fully saturated rings. The van der Waals surface area contributed by atoms with Gasteiger partial charge in [0.1, 0.15) is 0 Å². The SMILES string of the molecule is COC12CCC(CCN)(CC1)CC2. The lowest BCUT2D eigenvalue weighted by Crippen LogP contribution is -2.47. The summed E-state index contributed by atoms with van der Waals surface area (Å²) < 4.78 is 5.66. The molecule has 0 aromatic heterocycles. The van der Waals surface area contributed by atoms with E-state index in [9.17, 15) is 0 Å². The minimum atomic E-state index is 0.260. The number of fused-ring (bicyclic) bond motifs is 3. The number of rotatable bonds is 3. The Balaban J connectivity index is 2.03. The van der Waals surface area contributed by atoms with Crippen LogP contribution < -0.4 is 5.73 Å². The van der Waals surface area contributed by atoms with Crippen LogP contribution >= 0.6 is 0 Å². The van der Waals surface area contributed by atoms with E-state index in [4.69, 9.17) is 10.5 Å². The molecule has 2 N–H and O–H groups in total. The van der Waals surface area contributed by atoms with Gasteiger partial charge in [0, 0.05) is 7.11 Å². The minimum absolute atomic E-state index is 0.260. The highest BCUT2D eigenvalue weighted by atomic mass is 16.5. The van der Waals surface area contributed by atoms with Gasteiger partial charge in [-0.15, -0.1) is 0 Å². The summed E-state index contributed by atoms with van der Waals surface area (Å²) in [6, 6.07) is 0. The van der Waals surface area contributed by atoms with Gasteiger partial charge in [0.2, 0.25) is 0 Å².